The summed E-state index contributed by atoms with van der Waals surface area (Å²) >= 11 is 5.54. The Morgan fingerprint density at radius 3 is 2.59 bits per heavy atom. The lowest BCUT2D eigenvalue weighted by Crippen LogP contribution is -2.33. The maximum absolute atomic E-state index is 13.0. The highest BCUT2D eigenvalue weighted by atomic mass is 32.2. The molecule has 1 aromatic heterocycles. The maximum Gasteiger partial charge on any atom is 0.264 e. The molecule has 0 saturated heterocycles. The quantitative estimate of drug-likeness (QED) is 0.607. The van der Waals surface area contributed by atoms with Gasteiger partial charge in [0.25, 0.3) is 5.56 Å². The number of thiocarbonyl (C=S) groups is 1. The Morgan fingerprint density at radius 1 is 1.24 bits per heavy atom. The van der Waals surface area contributed by atoms with E-state index in [0.29, 0.717) is 28.2 Å². The van der Waals surface area contributed by atoms with Crippen LogP contribution >= 0.6 is 12.2 Å². The fourth-order valence-electron chi connectivity index (χ4n) is 3.06. The third-order valence-electron chi connectivity index (χ3n) is 4.74. The summed E-state index contributed by atoms with van der Waals surface area (Å²) < 4.78 is 18.9. The van der Waals surface area contributed by atoms with E-state index in [9.17, 15) is 14.1 Å². The Morgan fingerprint density at radius 2 is 1.93 bits per heavy atom. The number of methoxy groups -OCH3 is 1. The molecule has 8 heteroatoms. The number of pyridine rings is 1. The average Bonchev–Trinajstić information content (AvgIpc) is 2.75. The summed E-state index contributed by atoms with van der Waals surface area (Å²) in [5.41, 5.74) is 0.986. The molecule has 0 fully saturated rings. The third-order valence-corrected chi connectivity index (χ3v) is 6.53. The van der Waals surface area contributed by atoms with Gasteiger partial charge in [-0.3, -0.25) is 9.00 Å². The van der Waals surface area contributed by atoms with Crippen molar-refractivity contribution < 1.29 is 14.1 Å². The fourth-order valence-corrected chi connectivity index (χ4v) is 4.37. The van der Waals surface area contributed by atoms with Gasteiger partial charge in [0.2, 0.25) is 0 Å². The minimum Gasteiger partial charge on any atom is -0.506 e. The molecule has 2 aromatic carbocycles. The lowest BCUT2D eigenvalue weighted by molar-refractivity contribution is 0.218. The number of hydrogen-bond acceptors (Lipinski definition) is 5. The molecule has 29 heavy (non-hydrogen) atoms. The van der Waals surface area contributed by atoms with E-state index in [2.05, 4.69) is 0 Å². The molecule has 0 bridgehead atoms. The molecule has 1 unspecified atom stereocenters. The highest BCUT2D eigenvalue weighted by Gasteiger charge is 2.22. The Kier molecular flexibility index (Phi) is 6.46. The molecule has 1 N–H and O–H groups in total. The second-order valence-corrected chi connectivity index (χ2v) is 8.47. The molecule has 152 valence electrons. The molecule has 0 aliphatic carbocycles. The van der Waals surface area contributed by atoms with E-state index in [0.717, 1.165) is 5.69 Å². The van der Waals surface area contributed by atoms with E-state index in [-0.39, 0.29) is 16.3 Å². The number of nitrogens with zero attached hydrogens (tertiary/aromatic N) is 2. The number of ether oxygens (including phenoxy) is 1. The summed E-state index contributed by atoms with van der Waals surface area (Å²) in [6.45, 7) is 0.362. The molecule has 0 aliphatic rings. The van der Waals surface area contributed by atoms with Gasteiger partial charge in [-0.2, -0.15) is 0 Å². The van der Waals surface area contributed by atoms with Crippen LogP contribution in [0, 0.1) is 0 Å². The monoisotopic (exact) mass is 430 g/mol. The molecule has 1 atom stereocenters. The standard InChI is InChI=1S/C21H22N2O4S2/c1-22(14-7-5-4-6-8-14)21(28)18-19(24)16-13-15(29(26)12-11-27-3)9-10-17(16)23(2)20(18)25/h4-10,13,24H,11-12H2,1-3H3. The topological polar surface area (TPSA) is 71.8 Å². The number of aryl methyl sites for hydroxylation is 1. The molecular formula is C21H22N2O4S2. The molecule has 3 rings (SSSR count). The van der Waals surface area contributed by atoms with Crippen LogP contribution in [-0.2, 0) is 22.6 Å². The van der Waals surface area contributed by atoms with Crippen LogP contribution in [0.4, 0.5) is 5.69 Å². The van der Waals surface area contributed by atoms with Gasteiger partial charge in [0.1, 0.15) is 16.3 Å². The Balaban J connectivity index is 2.13. The first kappa shape index (κ1) is 21.2. The molecule has 6 nitrogen and oxygen atoms in total. The van der Waals surface area contributed by atoms with E-state index in [1.54, 1.807) is 44.3 Å². The van der Waals surface area contributed by atoms with Gasteiger partial charge in [-0.15, -0.1) is 0 Å². The van der Waals surface area contributed by atoms with Crippen molar-refractivity contribution in [2.75, 3.05) is 31.4 Å². The number of aromatic nitrogens is 1. The Bertz CT molecular complexity index is 1140. The number of aromatic hydroxyl groups is 1. The number of rotatable bonds is 6. The van der Waals surface area contributed by atoms with Crippen molar-refractivity contribution in [3.8, 4) is 5.75 Å². The zero-order chi connectivity index (χ0) is 21.1. The molecule has 0 spiro atoms. The van der Waals surface area contributed by atoms with Gasteiger partial charge in [0.15, 0.2) is 0 Å². The first-order chi connectivity index (χ1) is 13.9. The van der Waals surface area contributed by atoms with Gasteiger partial charge in [0, 0.05) is 37.2 Å². The molecular weight excluding hydrogens is 408 g/mol. The van der Waals surface area contributed by atoms with Crippen LogP contribution in [0.25, 0.3) is 10.9 Å². The van der Waals surface area contributed by atoms with Crippen LogP contribution in [0.2, 0.25) is 0 Å². The summed E-state index contributed by atoms with van der Waals surface area (Å²) in [5, 5.41) is 11.4. The van der Waals surface area contributed by atoms with Crippen molar-refractivity contribution in [1.82, 2.24) is 4.57 Å². The van der Waals surface area contributed by atoms with E-state index in [4.69, 9.17) is 17.0 Å². The van der Waals surface area contributed by atoms with Crippen molar-refractivity contribution in [1.29, 1.82) is 0 Å². The molecule has 3 aromatic rings. The van der Waals surface area contributed by atoms with Crippen LogP contribution in [0.15, 0.2) is 58.2 Å². The van der Waals surface area contributed by atoms with Gasteiger partial charge >= 0.3 is 0 Å². The predicted octanol–water partition coefficient (Wildman–Crippen LogP) is 2.81. The summed E-state index contributed by atoms with van der Waals surface area (Å²) in [7, 11) is 3.64. The Hall–Kier alpha value is -2.55. The largest absolute Gasteiger partial charge is 0.506 e. The molecule has 0 radical (unpaired) electrons. The van der Waals surface area contributed by atoms with Gasteiger partial charge in [0.05, 0.1) is 28.7 Å². The van der Waals surface area contributed by atoms with Crippen molar-refractivity contribution in [2.45, 2.75) is 4.90 Å². The van der Waals surface area contributed by atoms with Gasteiger partial charge in [-0.05, 0) is 30.3 Å². The zero-order valence-corrected chi connectivity index (χ0v) is 18.0. The molecule has 1 heterocycles. The third kappa shape index (κ3) is 4.10. The normalized spacial score (nSPS) is 12.1. The van der Waals surface area contributed by atoms with E-state index >= 15 is 0 Å². The lowest BCUT2D eigenvalue weighted by Gasteiger charge is -2.22. The number of benzene rings is 2. The highest BCUT2D eigenvalue weighted by molar-refractivity contribution is 7.85. The number of para-hydroxylation sites is 1. The number of hydrogen-bond donors (Lipinski definition) is 1. The minimum atomic E-state index is -1.28. The highest BCUT2D eigenvalue weighted by Crippen LogP contribution is 2.30. The zero-order valence-electron chi connectivity index (χ0n) is 16.4. The van der Waals surface area contributed by atoms with Crippen molar-refractivity contribution in [3.05, 3.63) is 64.4 Å². The molecule has 0 saturated carbocycles. The van der Waals surface area contributed by atoms with Crippen molar-refractivity contribution in [2.24, 2.45) is 7.05 Å². The first-order valence-corrected chi connectivity index (χ1v) is 10.7. The van der Waals surface area contributed by atoms with Crippen LogP contribution in [0.5, 0.6) is 5.75 Å². The Labute approximate surface area is 176 Å². The van der Waals surface area contributed by atoms with Crippen LogP contribution in [0.3, 0.4) is 0 Å². The van der Waals surface area contributed by atoms with Gasteiger partial charge in [-0.25, -0.2) is 0 Å². The van der Waals surface area contributed by atoms with Crippen molar-refractivity contribution in [3.63, 3.8) is 0 Å². The predicted molar refractivity (Wildman–Crippen MR) is 121 cm³/mol. The minimum absolute atomic E-state index is 0.0428. The van der Waals surface area contributed by atoms with E-state index in [1.165, 1.54) is 4.57 Å². The van der Waals surface area contributed by atoms with E-state index in [1.807, 2.05) is 30.3 Å². The van der Waals surface area contributed by atoms with Crippen LogP contribution < -0.4 is 10.5 Å². The average molecular weight is 431 g/mol. The van der Waals surface area contributed by atoms with Crippen LogP contribution in [0.1, 0.15) is 5.56 Å². The fraction of sp³-hybridized carbons (Fsp3) is 0.238. The summed E-state index contributed by atoms with van der Waals surface area (Å²) in [4.78, 5) is 15.4. The summed E-state index contributed by atoms with van der Waals surface area (Å²) in [5.74, 6) is 0.137. The summed E-state index contributed by atoms with van der Waals surface area (Å²) in [6.07, 6.45) is 0. The second-order valence-electron chi connectivity index (χ2n) is 6.51. The SMILES string of the molecule is COCCS(=O)c1ccc2c(c1)c(O)c(C(=S)N(C)c1ccccc1)c(=O)n2C. The van der Waals surface area contributed by atoms with Crippen molar-refractivity contribution >= 4 is 44.6 Å². The maximum atomic E-state index is 13.0. The smallest absolute Gasteiger partial charge is 0.264 e. The lowest BCUT2D eigenvalue weighted by atomic mass is 10.1. The number of anilines is 1. The molecule has 0 aliphatic heterocycles. The number of fused-ring (bicyclic) bond motifs is 1. The van der Waals surface area contributed by atoms with Gasteiger partial charge in [-0.1, -0.05) is 30.4 Å². The second kappa shape index (κ2) is 8.86. The van der Waals surface area contributed by atoms with Gasteiger partial charge < -0.3 is 19.3 Å². The van der Waals surface area contributed by atoms with E-state index < -0.39 is 16.4 Å². The first-order valence-electron chi connectivity index (χ1n) is 8.93. The van der Waals surface area contributed by atoms with Crippen LogP contribution in [-0.4, -0.2) is 45.4 Å². The summed E-state index contributed by atoms with van der Waals surface area (Å²) in [6, 6.07) is 14.4. The molecule has 0 amide bonds.